The summed E-state index contributed by atoms with van der Waals surface area (Å²) in [6, 6.07) is -8.75. The van der Waals surface area contributed by atoms with Gasteiger partial charge in [-0.1, -0.05) is 98.3 Å². The first kappa shape index (κ1) is 83.9. The number of amides is 12. The van der Waals surface area contributed by atoms with Crippen LogP contribution in [0.25, 0.3) is 0 Å². The van der Waals surface area contributed by atoms with E-state index in [1.807, 2.05) is 13.8 Å². The van der Waals surface area contributed by atoms with Crippen LogP contribution in [0.5, 0.6) is 0 Å². The first-order valence-corrected chi connectivity index (χ1v) is 38.7. The van der Waals surface area contributed by atoms with Crippen molar-refractivity contribution in [1.82, 2.24) is 60.0 Å². The van der Waals surface area contributed by atoms with Crippen molar-refractivity contribution in [2.45, 2.75) is 267 Å². The number of nitrogens with one attached hydrogen (secondary N) is 3. The largest absolute Gasteiger partial charge is 0.393 e. The van der Waals surface area contributed by atoms with Gasteiger partial charge in [-0.05, 0) is 120 Å². The number of hydrogen-bond donors (Lipinski definition) is 3. The Labute approximate surface area is 613 Å². The van der Waals surface area contributed by atoms with Gasteiger partial charge >= 0.3 is 6.18 Å². The standard InChI is InChI=1S/C74H120ClF3N12O13/c1-13-23-55-65(95)80-63(47(5)14-2)70(100)84(8)44-61(93)82(6)45-62(94)86(10)57(39-49-28-26-46(4)27-29-49)68(98)83(7)43-59(91)79-54(33-31-48-30-32-52(53(75)38-48)74(76,77)78)67(97)90-42-51(103-15-3)40-56(90)66(96)81-73(34-19-20-35-73)72(102)88(12)64(50-24-17-16-18-25-50)71(101)87(11)58(41-60(92)85(55)9)69(99)89-36-21-22-37-89/h46-58,63-64H,13-45H2,1-12H3,(H,79,91)(H,80,95)(H,81,96)/t46?,47-,48?,49?,51+,52?,53?,54-,55-,56-,57-,58-,63-,64-/m0/s1. The number of likely N-dealkylation sites (tertiary alicyclic amines) is 1. The van der Waals surface area contributed by atoms with Crippen LogP contribution in [0.3, 0.4) is 0 Å². The lowest BCUT2D eigenvalue weighted by Gasteiger charge is -2.43. The van der Waals surface area contributed by atoms with E-state index in [1.54, 1.807) is 18.7 Å². The van der Waals surface area contributed by atoms with Crippen LogP contribution in [-0.2, 0) is 62.3 Å². The van der Waals surface area contributed by atoms with E-state index < -0.39 is 180 Å². The Morgan fingerprint density at radius 1 is 0.621 bits per heavy atom. The molecule has 0 aromatic carbocycles. The van der Waals surface area contributed by atoms with Gasteiger partial charge in [0.25, 0.3) is 0 Å². The molecular formula is C74H120ClF3N12O13. The number of rotatable bonds is 13. The minimum atomic E-state index is -4.52. The molecule has 12 atom stereocenters. The molecule has 103 heavy (non-hydrogen) atoms. The number of alkyl halides is 4. The number of fused-ring (bicyclic) bond motifs is 1. The van der Waals surface area contributed by atoms with Crippen LogP contribution < -0.4 is 16.0 Å². The zero-order valence-corrected chi connectivity index (χ0v) is 64.1. The molecule has 7 aliphatic rings. The van der Waals surface area contributed by atoms with Crippen LogP contribution >= 0.6 is 11.6 Å². The molecule has 25 nitrogen and oxygen atoms in total. The Bertz CT molecular complexity index is 2980. The van der Waals surface area contributed by atoms with Crippen molar-refractivity contribution >= 4 is 82.5 Å². The predicted molar refractivity (Wildman–Crippen MR) is 381 cm³/mol. The van der Waals surface area contributed by atoms with E-state index in [0.29, 0.717) is 70.4 Å². The lowest BCUT2D eigenvalue weighted by molar-refractivity contribution is -0.182. The lowest BCUT2D eigenvalue weighted by atomic mass is 9.78. The molecule has 12 amide bonds. The van der Waals surface area contributed by atoms with E-state index in [2.05, 4.69) is 22.9 Å². The summed E-state index contributed by atoms with van der Waals surface area (Å²) in [6.07, 6.45) is 4.81. The summed E-state index contributed by atoms with van der Waals surface area (Å²) >= 11 is 6.44. The molecule has 0 aromatic heterocycles. The van der Waals surface area contributed by atoms with Crippen molar-refractivity contribution in [2.75, 3.05) is 95.2 Å². The Balaban J connectivity index is 1.29. The SMILES string of the molecule is CCC[C@H]1C(=O)N[C@@H]([C@@H](C)CC)C(=O)N(C)CC(=O)N(C)CC(=O)N(C)[C@@H](CC2CCC(C)CC2)C(=O)N(C)CC(=O)N[C@@H](CCC2CCC(C(F)(F)F)C(Cl)C2)C(=O)N2C[C@H](OCC)C[C@H]2C(=O)NC2(CCCC2)C(=O)N(C)[C@@H](C2CCCCC2)C(=O)N(C)[C@H](C(=O)N2CCCC2)CC(=O)N1C. The molecule has 7 fully saturated rings. The van der Waals surface area contributed by atoms with Crippen molar-refractivity contribution in [3.63, 3.8) is 0 Å². The average Bonchev–Trinajstić information content (AvgIpc) is 1.73. The fourth-order valence-corrected chi connectivity index (χ4v) is 17.5. The van der Waals surface area contributed by atoms with Crippen molar-refractivity contribution in [3.05, 3.63) is 0 Å². The highest BCUT2D eigenvalue weighted by molar-refractivity contribution is 6.21. The molecule has 3 aliphatic heterocycles. The number of halogens is 4. The second kappa shape index (κ2) is 37.8. The Kier molecular flexibility index (Phi) is 30.8. The highest BCUT2D eigenvalue weighted by Crippen LogP contribution is 2.44. The monoisotopic (exact) mass is 1480 g/mol. The zero-order valence-electron chi connectivity index (χ0n) is 63.3. The van der Waals surface area contributed by atoms with Gasteiger partial charge in [0.1, 0.15) is 47.8 Å². The van der Waals surface area contributed by atoms with Crippen LogP contribution in [0.1, 0.15) is 202 Å². The minimum absolute atomic E-state index is 0.00593. The van der Waals surface area contributed by atoms with E-state index >= 15 is 24.0 Å². The van der Waals surface area contributed by atoms with Crippen LogP contribution in [0, 0.1) is 35.5 Å². The average molecular weight is 1480 g/mol. The molecular weight excluding hydrogens is 1360 g/mol. The molecule has 1 spiro atoms. The Morgan fingerprint density at radius 3 is 1.83 bits per heavy atom. The molecule has 4 saturated carbocycles. The van der Waals surface area contributed by atoms with Gasteiger partial charge in [0.05, 0.1) is 38.1 Å². The third kappa shape index (κ3) is 21.3. The Morgan fingerprint density at radius 2 is 1.23 bits per heavy atom. The van der Waals surface area contributed by atoms with Gasteiger partial charge in [0.2, 0.25) is 70.9 Å². The molecule has 0 aromatic rings. The molecule has 582 valence electrons. The number of hydrogen-bond acceptors (Lipinski definition) is 13. The van der Waals surface area contributed by atoms with Crippen LogP contribution in [0.15, 0.2) is 0 Å². The normalized spacial score (nSPS) is 31.4. The van der Waals surface area contributed by atoms with Gasteiger partial charge in [-0.25, -0.2) is 0 Å². The zero-order chi connectivity index (χ0) is 75.9. The summed E-state index contributed by atoms with van der Waals surface area (Å²) in [6.45, 7) is 8.50. The van der Waals surface area contributed by atoms with E-state index in [1.165, 1.54) is 73.8 Å². The summed E-state index contributed by atoms with van der Waals surface area (Å²) < 4.78 is 48.4. The molecule has 7 rings (SSSR count). The van der Waals surface area contributed by atoms with Gasteiger partial charge in [-0.15, -0.1) is 11.6 Å². The smallest absolute Gasteiger partial charge is 0.377 e. The minimum Gasteiger partial charge on any atom is -0.377 e. The fraction of sp³-hybridized carbons (Fsp3) is 0.838. The van der Waals surface area contributed by atoms with E-state index in [9.17, 15) is 46.7 Å². The second-order valence-electron chi connectivity index (χ2n) is 31.3. The fourth-order valence-electron chi connectivity index (χ4n) is 17.0. The highest BCUT2D eigenvalue weighted by Gasteiger charge is 2.53. The highest BCUT2D eigenvalue weighted by atomic mass is 35.5. The topological polar surface area (TPSA) is 279 Å². The molecule has 4 aliphatic carbocycles. The number of nitrogens with zero attached hydrogens (tertiary/aromatic N) is 9. The maximum absolute atomic E-state index is 15.8. The molecule has 29 heteroatoms. The van der Waals surface area contributed by atoms with Gasteiger partial charge in [0, 0.05) is 87.4 Å². The second-order valence-corrected chi connectivity index (χ2v) is 31.9. The summed E-state index contributed by atoms with van der Waals surface area (Å²) in [5.74, 6) is -10.2. The summed E-state index contributed by atoms with van der Waals surface area (Å²) in [5.41, 5.74) is -1.60. The predicted octanol–water partition coefficient (Wildman–Crippen LogP) is 6.11. The summed E-state index contributed by atoms with van der Waals surface area (Å²) in [4.78, 5) is 192. The number of ether oxygens (including phenoxy) is 1. The van der Waals surface area contributed by atoms with Gasteiger partial charge in [-0.3, -0.25) is 57.5 Å². The number of carbonyl (C=O) groups is 12. The summed E-state index contributed by atoms with van der Waals surface area (Å²) in [5, 5.41) is 7.61. The van der Waals surface area contributed by atoms with Crippen molar-refractivity contribution in [2.24, 2.45) is 35.5 Å². The number of likely N-dealkylation sites (N-methyl/N-ethyl adjacent to an activating group) is 7. The Hall–Kier alpha value is -6.32. The quantitative estimate of drug-likeness (QED) is 0.176. The van der Waals surface area contributed by atoms with Crippen molar-refractivity contribution in [1.29, 1.82) is 0 Å². The van der Waals surface area contributed by atoms with Crippen LogP contribution in [0.4, 0.5) is 13.2 Å². The molecule has 0 bridgehead atoms. The molecule has 3 heterocycles. The lowest BCUT2D eigenvalue weighted by Crippen LogP contribution is -2.65. The third-order valence-corrected chi connectivity index (χ3v) is 24.4. The van der Waals surface area contributed by atoms with Gasteiger partial charge in [-0.2, -0.15) is 13.2 Å². The molecule has 3 unspecified atom stereocenters. The molecule has 3 saturated heterocycles. The van der Waals surface area contributed by atoms with Crippen LogP contribution in [-0.4, -0.2) is 276 Å². The van der Waals surface area contributed by atoms with E-state index in [4.69, 9.17) is 16.3 Å². The molecule has 3 N–H and O–H groups in total. The van der Waals surface area contributed by atoms with Crippen molar-refractivity contribution in [3.8, 4) is 0 Å². The first-order chi connectivity index (χ1) is 48.7. The van der Waals surface area contributed by atoms with Crippen molar-refractivity contribution < 1.29 is 75.4 Å². The van der Waals surface area contributed by atoms with Crippen LogP contribution in [0.2, 0.25) is 0 Å². The maximum Gasteiger partial charge on any atom is 0.393 e. The van der Waals surface area contributed by atoms with Gasteiger partial charge in [0.15, 0.2) is 0 Å². The van der Waals surface area contributed by atoms with E-state index in [-0.39, 0.29) is 89.2 Å². The van der Waals surface area contributed by atoms with Gasteiger partial charge < -0.3 is 64.8 Å². The van der Waals surface area contributed by atoms with E-state index in [0.717, 1.165) is 59.6 Å². The number of carbonyl (C=O) groups excluding carboxylic acids is 12. The third-order valence-electron chi connectivity index (χ3n) is 23.9. The maximum atomic E-state index is 15.8. The first-order valence-electron chi connectivity index (χ1n) is 38.3. The molecule has 0 radical (unpaired) electrons. The summed E-state index contributed by atoms with van der Waals surface area (Å²) in [7, 11) is 10.1.